The lowest BCUT2D eigenvalue weighted by molar-refractivity contribution is -0.145. The van der Waals surface area contributed by atoms with Gasteiger partial charge in [-0.15, -0.1) is 0 Å². The van der Waals surface area contributed by atoms with E-state index in [9.17, 15) is 14.4 Å². The van der Waals surface area contributed by atoms with Crippen molar-refractivity contribution in [2.75, 3.05) is 19.6 Å². The molecule has 2 aliphatic heterocycles. The first-order valence-corrected chi connectivity index (χ1v) is 7.56. The summed E-state index contributed by atoms with van der Waals surface area (Å²) < 4.78 is 0. The van der Waals surface area contributed by atoms with Crippen LogP contribution >= 0.6 is 0 Å². The van der Waals surface area contributed by atoms with Gasteiger partial charge in [-0.2, -0.15) is 0 Å². The molecule has 2 saturated heterocycles. The van der Waals surface area contributed by atoms with E-state index in [1.807, 2.05) is 13.8 Å². The molecule has 0 saturated carbocycles. The molecule has 0 aliphatic carbocycles. The Morgan fingerprint density at radius 1 is 1.29 bits per heavy atom. The summed E-state index contributed by atoms with van der Waals surface area (Å²) in [5, 5.41) is 4.97. The number of imide groups is 1. The number of piperidine rings is 1. The lowest BCUT2D eigenvalue weighted by Crippen LogP contribution is -2.58. The Hall–Kier alpha value is -1.63. The van der Waals surface area contributed by atoms with E-state index in [0.29, 0.717) is 45.3 Å². The van der Waals surface area contributed by atoms with Gasteiger partial charge in [-0.3, -0.25) is 14.9 Å². The second-order valence-electron chi connectivity index (χ2n) is 5.97. The van der Waals surface area contributed by atoms with Crippen molar-refractivity contribution in [3.63, 3.8) is 0 Å². The summed E-state index contributed by atoms with van der Waals surface area (Å²) in [6.07, 6.45) is 2.31. The number of nitrogens with one attached hydrogen (secondary N) is 2. The molecule has 118 valence electrons. The summed E-state index contributed by atoms with van der Waals surface area (Å²) in [5.41, 5.74) is 4.48. The van der Waals surface area contributed by atoms with E-state index in [1.54, 1.807) is 4.90 Å². The lowest BCUT2D eigenvalue weighted by atomic mass is 9.79. The van der Waals surface area contributed by atoms with Crippen LogP contribution in [-0.2, 0) is 9.59 Å². The van der Waals surface area contributed by atoms with Gasteiger partial charge in [0, 0.05) is 19.6 Å². The predicted molar refractivity (Wildman–Crippen MR) is 77.3 cm³/mol. The average molecular weight is 296 g/mol. The zero-order valence-corrected chi connectivity index (χ0v) is 12.7. The van der Waals surface area contributed by atoms with Crippen molar-refractivity contribution in [2.24, 2.45) is 11.1 Å². The summed E-state index contributed by atoms with van der Waals surface area (Å²) in [5.74, 6) is -0.217. The van der Waals surface area contributed by atoms with Gasteiger partial charge in [-0.1, -0.05) is 13.8 Å². The molecule has 2 fully saturated rings. The summed E-state index contributed by atoms with van der Waals surface area (Å²) in [4.78, 5) is 37.7. The van der Waals surface area contributed by atoms with Gasteiger partial charge >= 0.3 is 6.03 Å². The largest absolute Gasteiger partial charge is 0.342 e. The van der Waals surface area contributed by atoms with Crippen LogP contribution in [0.15, 0.2) is 0 Å². The molecule has 2 aliphatic rings. The van der Waals surface area contributed by atoms with Gasteiger partial charge < -0.3 is 16.0 Å². The molecule has 4 amide bonds. The van der Waals surface area contributed by atoms with Crippen LogP contribution in [0, 0.1) is 5.41 Å². The van der Waals surface area contributed by atoms with Crippen molar-refractivity contribution in [2.45, 2.75) is 45.1 Å². The zero-order chi connectivity index (χ0) is 15.7. The molecular formula is C14H24N4O3. The van der Waals surface area contributed by atoms with Crippen LogP contribution in [0.2, 0.25) is 0 Å². The van der Waals surface area contributed by atoms with Crippen molar-refractivity contribution in [3.05, 3.63) is 0 Å². The number of carbonyl (C=O) groups excluding carboxylic acids is 3. The highest BCUT2D eigenvalue weighted by molar-refractivity contribution is 6.07. The van der Waals surface area contributed by atoms with E-state index in [2.05, 4.69) is 10.6 Å². The first-order valence-electron chi connectivity index (χ1n) is 7.56. The molecule has 0 bridgehead atoms. The van der Waals surface area contributed by atoms with Gasteiger partial charge in [0.15, 0.2) is 0 Å². The minimum atomic E-state index is -0.836. The topological polar surface area (TPSA) is 105 Å². The molecular weight excluding hydrogens is 272 g/mol. The van der Waals surface area contributed by atoms with Crippen LogP contribution in [-0.4, -0.2) is 47.9 Å². The molecule has 0 radical (unpaired) electrons. The number of hydrogen-bond acceptors (Lipinski definition) is 4. The van der Waals surface area contributed by atoms with E-state index in [4.69, 9.17) is 5.73 Å². The molecule has 0 atom stereocenters. The summed E-state index contributed by atoms with van der Waals surface area (Å²) in [6.45, 7) is 5.22. The lowest BCUT2D eigenvalue weighted by Gasteiger charge is -2.41. The minimum absolute atomic E-state index is 0.0644. The molecule has 0 aromatic rings. The van der Waals surface area contributed by atoms with Crippen LogP contribution in [0.1, 0.15) is 39.5 Å². The molecule has 4 N–H and O–H groups in total. The maximum atomic E-state index is 12.7. The third kappa shape index (κ3) is 2.50. The third-order valence-corrected chi connectivity index (χ3v) is 5.12. The van der Waals surface area contributed by atoms with Gasteiger partial charge in [0.2, 0.25) is 5.91 Å². The predicted octanol–water partition coefficient (Wildman–Crippen LogP) is -0.0479. The van der Waals surface area contributed by atoms with E-state index in [-0.39, 0.29) is 11.8 Å². The van der Waals surface area contributed by atoms with E-state index < -0.39 is 17.0 Å². The third-order valence-electron chi connectivity index (χ3n) is 5.12. The smallest absolute Gasteiger partial charge is 0.322 e. The molecule has 0 aromatic heterocycles. The SMILES string of the molecule is CCC(CC)(CN)C(=O)N1CCC2(CC1)NC(=O)NC2=O. The Morgan fingerprint density at radius 2 is 1.86 bits per heavy atom. The maximum Gasteiger partial charge on any atom is 0.322 e. The van der Waals surface area contributed by atoms with Gasteiger partial charge in [-0.05, 0) is 25.7 Å². The number of nitrogens with zero attached hydrogens (tertiary/aromatic N) is 1. The van der Waals surface area contributed by atoms with Crippen molar-refractivity contribution in [3.8, 4) is 0 Å². The number of hydrogen-bond donors (Lipinski definition) is 3. The molecule has 2 rings (SSSR count). The van der Waals surface area contributed by atoms with Gasteiger partial charge in [0.05, 0.1) is 5.41 Å². The fourth-order valence-corrected chi connectivity index (χ4v) is 3.24. The number of likely N-dealkylation sites (tertiary alicyclic amines) is 1. The van der Waals surface area contributed by atoms with Crippen molar-refractivity contribution in [1.29, 1.82) is 0 Å². The standard InChI is InChI=1S/C14H24N4O3/c1-3-13(4-2,9-15)11(20)18-7-5-14(6-8-18)10(19)16-12(21)17-14/h3-9,15H2,1-2H3,(H2,16,17,19,21). The number of carbonyl (C=O) groups is 3. The molecule has 21 heavy (non-hydrogen) atoms. The van der Waals surface area contributed by atoms with Gasteiger partial charge in [-0.25, -0.2) is 4.79 Å². The molecule has 7 heteroatoms. The van der Waals surface area contributed by atoms with Crippen LogP contribution in [0.25, 0.3) is 0 Å². The maximum absolute atomic E-state index is 12.7. The van der Waals surface area contributed by atoms with E-state index in [0.717, 1.165) is 0 Å². The Balaban J connectivity index is 2.06. The second-order valence-corrected chi connectivity index (χ2v) is 5.97. The van der Waals surface area contributed by atoms with Crippen molar-refractivity contribution in [1.82, 2.24) is 15.5 Å². The van der Waals surface area contributed by atoms with E-state index >= 15 is 0 Å². The van der Waals surface area contributed by atoms with Crippen LogP contribution in [0.3, 0.4) is 0 Å². The molecule has 2 heterocycles. The first kappa shape index (κ1) is 15.8. The zero-order valence-electron chi connectivity index (χ0n) is 12.7. The summed E-state index contributed by atoms with van der Waals surface area (Å²) in [7, 11) is 0. The number of rotatable bonds is 4. The van der Waals surface area contributed by atoms with E-state index in [1.165, 1.54) is 0 Å². The highest BCUT2D eigenvalue weighted by atomic mass is 16.2. The Bertz CT molecular complexity index is 443. The van der Waals surface area contributed by atoms with Gasteiger partial charge in [0.1, 0.15) is 5.54 Å². The number of urea groups is 1. The highest BCUT2D eigenvalue weighted by Gasteiger charge is 2.49. The average Bonchev–Trinajstić information content (AvgIpc) is 2.76. The molecule has 1 spiro atoms. The second kappa shape index (κ2) is 5.63. The fraction of sp³-hybridized carbons (Fsp3) is 0.786. The Labute approximate surface area is 124 Å². The molecule has 7 nitrogen and oxygen atoms in total. The number of nitrogens with two attached hydrogens (primary N) is 1. The quantitative estimate of drug-likeness (QED) is 0.633. The van der Waals surface area contributed by atoms with Gasteiger partial charge in [0.25, 0.3) is 5.91 Å². The van der Waals surface area contributed by atoms with Crippen LogP contribution in [0.5, 0.6) is 0 Å². The van der Waals surface area contributed by atoms with Crippen LogP contribution < -0.4 is 16.4 Å². The van der Waals surface area contributed by atoms with Crippen molar-refractivity contribution >= 4 is 17.8 Å². The highest BCUT2D eigenvalue weighted by Crippen LogP contribution is 2.32. The van der Waals surface area contributed by atoms with Crippen LogP contribution in [0.4, 0.5) is 4.79 Å². The summed E-state index contributed by atoms with van der Waals surface area (Å²) in [6, 6.07) is -0.446. The minimum Gasteiger partial charge on any atom is -0.342 e. The number of amides is 4. The Morgan fingerprint density at radius 3 is 2.24 bits per heavy atom. The summed E-state index contributed by atoms with van der Waals surface area (Å²) >= 11 is 0. The molecule has 0 aromatic carbocycles. The van der Waals surface area contributed by atoms with Crippen molar-refractivity contribution < 1.29 is 14.4 Å². The first-order chi connectivity index (χ1) is 9.93. The monoisotopic (exact) mass is 296 g/mol. The normalized spacial score (nSPS) is 21.4. The Kier molecular flexibility index (Phi) is 4.22. The molecule has 0 unspecified atom stereocenters. The fourth-order valence-electron chi connectivity index (χ4n) is 3.24.